The largest absolute Gasteiger partial charge is 0.208 e. The highest BCUT2D eigenvalue weighted by atomic mass is 32.1. The summed E-state index contributed by atoms with van der Waals surface area (Å²) in [6.45, 7) is 0. The second-order valence-electron chi connectivity index (χ2n) is 13.1. The van der Waals surface area contributed by atoms with Crippen molar-refractivity contribution in [3.63, 3.8) is 0 Å². The minimum Gasteiger partial charge on any atom is -0.208 e. The number of aromatic nitrogens is 3. The fourth-order valence-corrected chi connectivity index (χ4v) is 7.78. The fourth-order valence-electron chi connectivity index (χ4n) is 6.81. The summed E-state index contributed by atoms with van der Waals surface area (Å²) in [6, 6.07) is 50.2. The van der Waals surface area contributed by atoms with E-state index >= 15 is 0 Å². The molecule has 0 aliphatic rings. The van der Waals surface area contributed by atoms with Crippen LogP contribution in [0.1, 0.15) is 9.60 Å². The molecule has 0 saturated heterocycles. The van der Waals surface area contributed by atoms with Gasteiger partial charge in [-0.15, -0.1) is 11.3 Å². The maximum Gasteiger partial charge on any atom is 0.164 e. The Morgan fingerprint density at radius 3 is 1.47 bits per heavy atom. The zero-order valence-electron chi connectivity index (χ0n) is 36.3. The Hall–Kier alpha value is -7.01. The molecular weight excluding hydrogens is 687 g/mol. The zero-order chi connectivity index (χ0) is 42.6. The molecule has 10 aromatic rings. The third kappa shape index (κ3) is 6.50. The van der Waals surface area contributed by atoms with Crippen LogP contribution in [0, 0.1) is 0 Å². The van der Waals surface area contributed by atoms with E-state index in [9.17, 15) is 4.11 Å². The van der Waals surface area contributed by atoms with Gasteiger partial charge in [0.1, 0.15) is 0 Å². The predicted octanol–water partition coefficient (Wildman–Crippen LogP) is 13.9. The SMILES string of the molecule is [2H]c1c([2H])c([2H])c2c(sc3c([2H])c(-c4cc(-c5ccccc5)cc(-c5nc(-c6ccc(-c7ccccc7)cc6)nc(-c6cccc(-c7ccccc7)c6)n5)c4)c([2H])c([2H])c32)c1[2H]. The normalized spacial score (nSPS) is 13.1. The lowest BCUT2D eigenvalue weighted by Gasteiger charge is -2.13. The topological polar surface area (TPSA) is 38.7 Å². The van der Waals surface area contributed by atoms with E-state index in [4.69, 9.17) is 20.4 Å². The number of fused-ring (bicyclic) bond motifs is 3. The molecule has 3 nitrogen and oxygen atoms in total. The van der Waals surface area contributed by atoms with Crippen LogP contribution in [0.2, 0.25) is 0 Å². The van der Waals surface area contributed by atoms with Gasteiger partial charge in [0, 0.05) is 36.9 Å². The summed E-state index contributed by atoms with van der Waals surface area (Å²) < 4.78 is 62.6. The molecule has 0 saturated carbocycles. The Kier molecular flexibility index (Phi) is 6.63. The first-order chi connectivity index (χ1) is 30.1. The van der Waals surface area contributed by atoms with Crippen LogP contribution in [0.3, 0.4) is 0 Å². The summed E-state index contributed by atoms with van der Waals surface area (Å²) >= 11 is 1.05. The monoisotopic (exact) mass is 726 g/mol. The molecule has 55 heavy (non-hydrogen) atoms. The van der Waals surface area contributed by atoms with E-state index in [1.807, 2.05) is 109 Å². The van der Waals surface area contributed by atoms with Gasteiger partial charge in [0.2, 0.25) is 0 Å². The molecule has 0 amide bonds. The predicted molar refractivity (Wildman–Crippen MR) is 231 cm³/mol. The molecule has 0 aliphatic carbocycles. The van der Waals surface area contributed by atoms with E-state index in [-0.39, 0.29) is 57.3 Å². The van der Waals surface area contributed by atoms with E-state index in [2.05, 4.69) is 48.5 Å². The Morgan fingerprint density at radius 1 is 0.327 bits per heavy atom. The quantitative estimate of drug-likeness (QED) is 0.164. The Morgan fingerprint density at radius 2 is 0.782 bits per heavy atom. The summed E-state index contributed by atoms with van der Waals surface area (Å²) in [7, 11) is 0. The average Bonchev–Trinajstić information content (AvgIpc) is 3.74. The highest BCUT2D eigenvalue weighted by Crippen LogP contribution is 2.39. The van der Waals surface area contributed by atoms with Crippen molar-refractivity contribution >= 4 is 31.5 Å². The van der Waals surface area contributed by atoms with E-state index in [1.165, 1.54) is 0 Å². The molecule has 0 unspecified atom stereocenters. The van der Waals surface area contributed by atoms with Gasteiger partial charge in [0.25, 0.3) is 0 Å². The Labute approximate surface area is 333 Å². The van der Waals surface area contributed by atoms with Crippen molar-refractivity contribution in [2.24, 2.45) is 0 Å². The van der Waals surface area contributed by atoms with Crippen LogP contribution < -0.4 is 0 Å². The molecule has 4 heteroatoms. The van der Waals surface area contributed by atoms with Crippen LogP contribution >= 0.6 is 11.3 Å². The highest BCUT2D eigenvalue weighted by molar-refractivity contribution is 7.25. The van der Waals surface area contributed by atoms with Crippen molar-refractivity contribution in [3.8, 4) is 78.7 Å². The summed E-state index contributed by atoms with van der Waals surface area (Å²) in [5.41, 5.74) is 8.75. The number of hydrogen-bond acceptors (Lipinski definition) is 4. The molecule has 10 rings (SSSR count). The molecule has 0 aliphatic heterocycles. The first kappa shape index (κ1) is 25.9. The number of thiophene rings is 1. The van der Waals surface area contributed by atoms with Crippen molar-refractivity contribution < 1.29 is 9.60 Å². The molecule has 0 fully saturated rings. The van der Waals surface area contributed by atoms with Crippen molar-refractivity contribution in [1.29, 1.82) is 0 Å². The number of nitrogens with zero attached hydrogens (tertiary/aromatic N) is 3. The number of rotatable bonds is 7. The minimum atomic E-state index is -0.418. The summed E-state index contributed by atoms with van der Waals surface area (Å²) in [5, 5.41) is 0.338. The Balaban J connectivity index is 1.20. The van der Waals surface area contributed by atoms with Gasteiger partial charge >= 0.3 is 0 Å². The minimum absolute atomic E-state index is 0.0384. The summed E-state index contributed by atoms with van der Waals surface area (Å²) in [5.74, 6) is 1.30. The second-order valence-corrected chi connectivity index (χ2v) is 14.1. The van der Waals surface area contributed by atoms with Crippen LogP contribution in [-0.4, -0.2) is 15.0 Å². The lowest BCUT2D eigenvalue weighted by Crippen LogP contribution is -2.01. The van der Waals surface area contributed by atoms with E-state index < -0.39 is 6.04 Å². The van der Waals surface area contributed by atoms with Gasteiger partial charge in [0.05, 0.1) is 9.60 Å². The molecule has 0 spiro atoms. The standard InChI is InChI=1S/C51H33N3S/c1-4-13-34(14-5-1)37-23-25-38(26-24-37)49-52-50(41-20-12-19-39(29-41)35-15-6-2-7-16-35)54-51(53-49)44-31-42(36-17-8-3-9-18-36)30-43(32-44)40-27-28-46-45-21-10-11-22-47(45)55-48(46)33-40/h1-33H/i10D,11D,21D,22D,27D,28D,33D. The van der Waals surface area contributed by atoms with Crippen LogP contribution in [0.4, 0.5) is 0 Å². The van der Waals surface area contributed by atoms with Gasteiger partial charge in [-0.1, -0.05) is 164 Å². The molecular formula is C51H33N3S. The summed E-state index contributed by atoms with van der Waals surface area (Å²) in [4.78, 5) is 15.3. The molecule has 8 aromatic carbocycles. The van der Waals surface area contributed by atoms with Crippen molar-refractivity contribution in [2.75, 3.05) is 0 Å². The van der Waals surface area contributed by atoms with Gasteiger partial charge in [-0.3, -0.25) is 0 Å². The third-order valence-electron chi connectivity index (χ3n) is 9.59. The maximum atomic E-state index is 9.56. The maximum absolute atomic E-state index is 9.56. The molecule has 0 N–H and O–H groups in total. The molecule has 0 atom stereocenters. The van der Waals surface area contributed by atoms with Gasteiger partial charge in [0.15, 0.2) is 17.5 Å². The first-order valence-corrected chi connectivity index (χ1v) is 18.7. The van der Waals surface area contributed by atoms with Crippen molar-refractivity contribution in [2.45, 2.75) is 0 Å². The summed E-state index contributed by atoms with van der Waals surface area (Å²) in [6.07, 6.45) is 0. The van der Waals surface area contributed by atoms with Crippen molar-refractivity contribution in [1.82, 2.24) is 15.0 Å². The molecule has 0 bridgehead atoms. The number of hydrogen-bond donors (Lipinski definition) is 0. The molecule has 0 radical (unpaired) electrons. The van der Waals surface area contributed by atoms with Crippen LogP contribution in [0.5, 0.6) is 0 Å². The third-order valence-corrected chi connectivity index (χ3v) is 10.6. The highest BCUT2D eigenvalue weighted by Gasteiger charge is 2.16. The average molecular weight is 727 g/mol. The van der Waals surface area contributed by atoms with E-state index in [0.717, 1.165) is 55.8 Å². The first-order valence-electron chi connectivity index (χ1n) is 21.4. The second kappa shape index (κ2) is 14.1. The van der Waals surface area contributed by atoms with Crippen LogP contribution in [0.15, 0.2) is 200 Å². The van der Waals surface area contributed by atoms with Gasteiger partial charge in [-0.05, 0) is 80.9 Å². The zero-order valence-corrected chi connectivity index (χ0v) is 30.1. The molecule has 2 aromatic heterocycles. The van der Waals surface area contributed by atoms with Gasteiger partial charge < -0.3 is 0 Å². The lowest BCUT2D eigenvalue weighted by molar-refractivity contribution is 1.07. The van der Waals surface area contributed by atoms with Crippen molar-refractivity contribution in [3.05, 3.63) is 200 Å². The lowest BCUT2D eigenvalue weighted by atomic mass is 9.95. The molecule has 258 valence electrons. The molecule has 2 heterocycles. The van der Waals surface area contributed by atoms with Gasteiger partial charge in [-0.25, -0.2) is 15.0 Å². The van der Waals surface area contributed by atoms with Gasteiger partial charge in [-0.2, -0.15) is 0 Å². The van der Waals surface area contributed by atoms with Crippen LogP contribution in [-0.2, 0) is 0 Å². The fraction of sp³-hybridized carbons (Fsp3) is 0. The number of benzene rings is 8. The smallest absolute Gasteiger partial charge is 0.164 e. The van der Waals surface area contributed by atoms with E-state index in [0.29, 0.717) is 33.3 Å². The van der Waals surface area contributed by atoms with E-state index in [1.54, 1.807) is 0 Å². The van der Waals surface area contributed by atoms with Crippen LogP contribution in [0.25, 0.3) is 98.8 Å². The Bertz CT molecular complexity index is 3360.